The first-order chi connectivity index (χ1) is 8.36. The van der Waals surface area contributed by atoms with Gasteiger partial charge in [-0.05, 0) is 29.5 Å². The first-order valence-electron chi connectivity index (χ1n) is 5.81. The van der Waals surface area contributed by atoms with E-state index in [-0.39, 0.29) is 0 Å². The number of benzene rings is 1. The summed E-state index contributed by atoms with van der Waals surface area (Å²) in [6.07, 6.45) is 1.12. The molecule has 1 N–H and O–H groups in total. The van der Waals surface area contributed by atoms with E-state index in [2.05, 4.69) is 35.0 Å². The normalized spacial score (nSPS) is 18.3. The molecule has 2 heterocycles. The molecular weight excluding hydrogens is 230 g/mol. The van der Waals surface area contributed by atoms with Crippen LogP contribution in [0, 0.1) is 0 Å². The largest absolute Gasteiger partial charge is 0.497 e. The smallest absolute Gasteiger partial charge is 0.120 e. The predicted octanol–water partition coefficient (Wildman–Crippen LogP) is 3.51. The van der Waals surface area contributed by atoms with E-state index >= 15 is 0 Å². The Morgan fingerprint density at radius 3 is 3.06 bits per heavy atom. The first-order valence-corrected chi connectivity index (χ1v) is 6.69. The number of anilines is 1. The van der Waals surface area contributed by atoms with Crippen LogP contribution < -0.4 is 10.1 Å². The summed E-state index contributed by atoms with van der Waals surface area (Å²) in [7, 11) is 1.71. The van der Waals surface area contributed by atoms with E-state index in [9.17, 15) is 0 Å². The van der Waals surface area contributed by atoms with Crippen molar-refractivity contribution in [3.8, 4) is 5.75 Å². The topological polar surface area (TPSA) is 21.3 Å². The Kier molecular flexibility index (Phi) is 2.77. The van der Waals surface area contributed by atoms with Gasteiger partial charge in [0.15, 0.2) is 0 Å². The van der Waals surface area contributed by atoms with Crippen molar-refractivity contribution in [1.29, 1.82) is 0 Å². The second-order valence-corrected chi connectivity index (χ2v) is 5.30. The van der Waals surface area contributed by atoms with Crippen molar-refractivity contribution in [3.05, 3.63) is 46.2 Å². The summed E-state index contributed by atoms with van der Waals surface area (Å²) in [5.74, 6) is 1.53. The molecule has 0 aliphatic carbocycles. The van der Waals surface area contributed by atoms with Crippen molar-refractivity contribution >= 4 is 17.0 Å². The van der Waals surface area contributed by atoms with Gasteiger partial charge in [0.25, 0.3) is 0 Å². The SMILES string of the molecule is COc1ccc2c(c1)NCC(c1cccs1)C2. The molecule has 3 heteroatoms. The molecule has 0 bridgehead atoms. The zero-order valence-electron chi connectivity index (χ0n) is 9.77. The van der Waals surface area contributed by atoms with E-state index in [0.717, 1.165) is 18.7 Å². The maximum absolute atomic E-state index is 5.24. The molecule has 1 aliphatic rings. The molecule has 0 saturated carbocycles. The molecule has 0 spiro atoms. The summed E-state index contributed by atoms with van der Waals surface area (Å²) in [4.78, 5) is 1.47. The lowest BCUT2D eigenvalue weighted by molar-refractivity contribution is 0.414. The summed E-state index contributed by atoms with van der Waals surface area (Å²) in [6.45, 7) is 1.01. The number of ether oxygens (including phenoxy) is 1. The summed E-state index contributed by atoms with van der Waals surface area (Å²) >= 11 is 1.85. The quantitative estimate of drug-likeness (QED) is 0.874. The number of fused-ring (bicyclic) bond motifs is 1. The van der Waals surface area contributed by atoms with Crippen molar-refractivity contribution in [2.45, 2.75) is 12.3 Å². The minimum Gasteiger partial charge on any atom is -0.497 e. The Bertz CT molecular complexity index is 507. The molecule has 1 aliphatic heterocycles. The molecule has 1 aromatic heterocycles. The number of hydrogen-bond acceptors (Lipinski definition) is 3. The number of hydrogen-bond donors (Lipinski definition) is 1. The average Bonchev–Trinajstić information content (AvgIpc) is 2.91. The number of methoxy groups -OCH3 is 1. The summed E-state index contributed by atoms with van der Waals surface area (Å²) in [5, 5.41) is 5.65. The van der Waals surface area contributed by atoms with Gasteiger partial charge in [-0.3, -0.25) is 0 Å². The van der Waals surface area contributed by atoms with Gasteiger partial charge in [0.05, 0.1) is 7.11 Å². The zero-order valence-corrected chi connectivity index (χ0v) is 10.6. The maximum Gasteiger partial charge on any atom is 0.120 e. The lowest BCUT2D eigenvalue weighted by atomic mass is 9.93. The van der Waals surface area contributed by atoms with Gasteiger partial charge in [0.2, 0.25) is 0 Å². The monoisotopic (exact) mass is 245 g/mol. The molecule has 3 rings (SSSR count). The third-order valence-corrected chi connectivity index (χ3v) is 4.30. The maximum atomic E-state index is 5.24. The molecule has 0 fully saturated rings. The Hall–Kier alpha value is -1.48. The standard InChI is InChI=1S/C14H15NOS/c1-16-12-5-4-10-7-11(9-15-13(10)8-12)14-3-2-6-17-14/h2-6,8,11,15H,7,9H2,1H3. The Labute approximate surface area is 105 Å². The van der Waals surface area contributed by atoms with E-state index in [4.69, 9.17) is 4.74 Å². The van der Waals surface area contributed by atoms with Crippen LogP contribution in [0.2, 0.25) is 0 Å². The van der Waals surface area contributed by atoms with Crippen molar-refractivity contribution in [2.75, 3.05) is 19.0 Å². The van der Waals surface area contributed by atoms with E-state index < -0.39 is 0 Å². The molecule has 88 valence electrons. The van der Waals surface area contributed by atoms with Crippen molar-refractivity contribution in [1.82, 2.24) is 0 Å². The highest BCUT2D eigenvalue weighted by molar-refractivity contribution is 7.10. The molecule has 2 nitrogen and oxygen atoms in total. The van der Waals surface area contributed by atoms with Crippen LogP contribution in [0.1, 0.15) is 16.4 Å². The fraction of sp³-hybridized carbons (Fsp3) is 0.286. The van der Waals surface area contributed by atoms with Crippen LogP contribution in [0.3, 0.4) is 0 Å². The van der Waals surface area contributed by atoms with Crippen LogP contribution in [0.4, 0.5) is 5.69 Å². The van der Waals surface area contributed by atoms with E-state index in [1.54, 1.807) is 7.11 Å². The summed E-state index contributed by atoms with van der Waals surface area (Å²) in [5.41, 5.74) is 2.60. The Morgan fingerprint density at radius 2 is 2.29 bits per heavy atom. The van der Waals surface area contributed by atoms with Gasteiger partial charge in [0.1, 0.15) is 5.75 Å². The van der Waals surface area contributed by atoms with Gasteiger partial charge >= 0.3 is 0 Å². The second-order valence-electron chi connectivity index (χ2n) is 4.32. The molecule has 1 atom stereocenters. The summed E-state index contributed by atoms with van der Waals surface area (Å²) in [6, 6.07) is 10.6. The van der Waals surface area contributed by atoms with Crippen LogP contribution in [-0.2, 0) is 6.42 Å². The van der Waals surface area contributed by atoms with Crippen molar-refractivity contribution in [2.24, 2.45) is 0 Å². The van der Waals surface area contributed by atoms with Crippen LogP contribution in [0.15, 0.2) is 35.7 Å². The molecule has 17 heavy (non-hydrogen) atoms. The van der Waals surface area contributed by atoms with Crippen LogP contribution >= 0.6 is 11.3 Å². The third kappa shape index (κ3) is 2.03. The molecule has 2 aromatic rings. The molecule has 1 unspecified atom stereocenters. The van der Waals surface area contributed by atoms with Gasteiger partial charge < -0.3 is 10.1 Å². The third-order valence-electron chi connectivity index (χ3n) is 3.27. The Morgan fingerprint density at radius 1 is 1.35 bits per heavy atom. The van der Waals surface area contributed by atoms with Gasteiger partial charge in [-0.25, -0.2) is 0 Å². The minimum absolute atomic E-state index is 0.607. The van der Waals surface area contributed by atoms with E-state index in [0.29, 0.717) is 5.92 Å². The second kappa shape index (κ2) is 4.41. The van der Waals surface area contributed by atoms with Gasteiger partial charge in [-0.15, -0.1) is 11.3 Å². The average molecular weight is 245 g/mol. The minimum atomic E-state index is 0.607. The highest BCUT2D eigenvalue weighted by Crippen LogP contribution is 2.34. The van der Waals surface area contributed by atoms with E-state index in [1.807, 2.05) is 17.4 Å². The van der Waals surface area contributed by atoms with Crippen LogP contribution in [0.25, 0.3) is 0 Å². The number of thiophene rings is 1. The fourth-order valence-corrected chi connectivity index (χ4v) is 3.15. The van der Waals surface area contributed by atoms with Crippen molar-refractivity contribution < 1.29 is 4.74 Å². The van der Waals surface area contributed by atoms with Crippen LogP contribution in [-0.4, -0.2) is 13.7 Å². The fourth-order valence-electron chi connectivity index (χ4n) is 2.32. The number of rotatable bonds is 2. The van der Waals surface area contributed by atoms with Gasteiger partial charge in [-0.1, -0.05) is 12.1 Å². The predicted molar refractivity (Wildman–Crippen MR) is 72.2 cm³/mol. The summed E-state index contributed by atoms with van der Waals surface area (Å²) < 4.78 is 5.24. The number of nitrogens with one attached hydrogen (secondary N) is 1. The van der Waals surface area contributed by atoms with Crippen LogP contribution in [0.5, 0.6) is 5.75 Å². The lowest BCUT2D eigenvalue weighted by Crippen LogP contribution is -2.20. The van der Waals surface area contributed by atoms with Gasteiger partial charge in [0, 0.05) is 29.1 Å². The lowest BCUT2D eigenvalue weighted by Gasteiger charge is -2.25. The molecular formula is C14H15NOS. The Balaban J connectivity index is 1.86. The highest BCUT2D eigenvalue weighted by atomic mass is 32.1. The molecule has 0 amide bonds. The molecule has 0 saturated heterocycles. The van der Waals surface area contributed by atoms with Gasteiger partial charge in [-0.2, -0.15) is 0 Å². The van der Waals surface area contributed by atoms with E-state index in [1.165, 1.54) is 16.1 Å². The first kappa shape index (κ1) is 10.7. The van der Waals surface area contributed by atoms with Crippen molar-refractivity contribution in [3.63, 3.8) is 0 Å². The zero-order chi connectivity index (χ0) is 11.7. The molecule has 0 radical (unpaired) electrons. The molecule has 1 aromatic carbocycles. The highest BCUT2D eigenvalue weighted by Gasteiger charge is 2.20.